The van der Waals surface area contributed by atoms with Gasteiger partial charge in [-0.15, -0.1) is 0 Å². The molecule has 4 fully saturated rings. The summed E-state index contributed by atoms with van der Waals surface area (Å²) in [4.78, 5) is 59.7. The fourth-order valence-corrected chi connectivity index (χ4v) is 7.84. The molecule has 0 radical (unpaired) electrons. The summed E-state index contributed by atoms with van der Waals surface area (Å²) in [6.45, 7) is 9.43. The number of piperidine rings is 1. The molecule has 3 amide bonds. The van der Waals surface area contributed by atoms with Crippen molar-refractivity contribution in [2.45, 2.75) is 128 Å². The molecule has 1 saturated carbocycles. The zero-order chi connectivity index (χ0) is 33.9. The van der Waals surface area contributed by atoms with Gasteiger partial charge in [-0.3, -0.25) is 24.1 Å². The first-order valence-corrected chi connectivity index (χ1v) is 18.3. The molecule has 3 heterocycles. The number of nitrogens with zero attached hydrogens (tertiary/aromatic N) is 2. The van der Waals surface area contributed by atoms with E-state index in [1.807, 2.05) is 49.1 Å². The number of piperazine rings is 1. The average Bonchev–Trinajstić information content (AvgIpc) is 3.07. The van der Waals surface area contributed by atoms with Crippen molar-refractivity contribution in [2.75, 3.05) is 26.2 Å². The smallest absolute Gasteiger partial charge is 0.245 e. The number of likely N-dealkylation sites (N-methyl/N-ethyl adjacent to an activating group) is 1. The van der Waals surface area contributed by atoms with Crippen LogP contribution in [0, 0.1) is 17.8 Å². The fraction of sp³-hybridized carbons (Fsp3) is 0.730. The van der Waals surface area contributed by atoms with Crippen molar-refractivity contribution < 1.29 is 19.2 Å². The average molecular weight is 653 g/mol. The van der Waals surface area contributed by atoms with Crippen molar-refractivity contribution in [3.8, 4) is 0 Å². The number of unbranched alkanes of at least 4 members (excludes halogenated alkanes) is 1. The Kier molecular flexibility index (Phi) is 14.2. The molecule has 6 unspecified atom stereocenters. The van der Waals surface area contributed by atoms with Crippen molar-refractivity contribution in [1.82, 2.24) is 20.4 Å². The summed E-state index contributed by atoms with van der Waals surface area (Å²) in [5.41, 5.74) is 13.1. The van der Waals surface area contributed by atoms with Crippen LogP contribution >= 0.6 is 0 Å². The maximum Gasteiger partial charge on any atom is 0.245 e. The zero-order valence-corrected chi connectivity index (χ0v) is 29.0. The van der Waals surface area contributed by atoms with E-state index in [0.29, 0.717) is 25.8 Å². The highest BCUT2D eigenvalue weighted by Gasteiger charge is 2.48. The minimum absolute atomic E-state index is 0.0204. The maximum atomic E-state index is 14.0. The van der Waals surface area contributed by atoms with Gasteiger partial charge in [0, 0.05) is 37.5 Å². The SMILES string of the molecule is CCN1CC2CC(C1)N2C(=O)C(CCCCN)NC(=O)C(CC(=O)C(Cc1ccccc1)NC(=O)C(N)C1CCCCC1)CC(C)C. The molecule has 262 valence electrons. The van der Waals surface area contributed by atoms with Crippen LogP contribution in [0.25, 0.3) is 0 Å². The van der Waals surface area contributed by atoms with E-state index in [1.165, 1.54) is 0 Å². The van der Waals surface area contributed by atoms with Crippen molar-refractivity contribution >= 4 is 23.5 Å². The van der Waals surface area contributed by atoms with E-state index in [-0.39, 0.29) is 53.8 Å². The number of benzene rings is 1. The van der Waals surface area contributed by atoms with Gasteiger partial charge < -0.3 is 27.0 Å². The molecule has 6 atom stereocenters. The van der Waals surface area contributed by atoms with Gasteiger partial charge in [-0.05, 0) is 81.9 Å². The number of nitrogens with one attached hydrogen (secondary N) is 2. The second-order valence-corrected chi connectivity index (χ2v) is 14.7. The minimum atomic E-state index is -0.800. The number of nitrogens with two attached hydrogens (primary N) is 2. The molecular formula is C37H60N6O4. The monoisotopic (exact) mass is 652 g/mol. The Bertz CT molecular complexity index is 1160. The van der Waals surface area contributed by atoms with Gasteiger partial charge in [0.2, 0.25) is 17.7 Å². The van der Waals surface area contributed by atoms with Crippen molar-refractivity contribution in [3.63, 3.8) is 0 Å². The Labute approximate surface area is 282 Å². The van der Waals surface area contributed by atoms with Crippen LogP contribution in [0.1, 0.15) is 97.0 Å². The summed E-state index contributed by atoms with van der Waals surface area (Å²) >= 11 is 0. The van der Waals surface area contributed by atoms with Gasteiger partial charge in [0.1, 0.15) is 6.04 Å². The molecule has 0 spiro atoms. The Morgan fingerprint density at radius 3 is 2.19 bits per heavy atom. The lowest BCUT2D eigenvalue weighted by Crippen LogP contribution is -2.72. The second kappa shape index (κ2) is 18.1. The molecule has 1 aromatic carbocycles. The summed E-state index contributed by atoms with van der Waals surface area (Å²) in [6, 6.07) is 7.88. The number of fused-ring (bicyclic) bond motifs is 2. The summed E-state index contributed by atoms with van der Waals surface area (Å²) in [5.74, 6) is -1.15. The van der Waals surface area contributed by atoms with Crippen LogP contribution in [0.2, 0.25) is 0 Å². The molecule has 47 heavy (non-hydrogen) atoms. The Hall–Kier alpha value is -2.82. The Morgan fingerprint density at radius 1 is 0.915 bits per heavy atom. The predicted molar refractivity (Wildman–Crippen MR) is 185 cm³/mol. The normalized spacial score (nSPS) is 22.6. The third-order valence-corrected chi connectivity index (χ3v) is 10.6. The standard InChI is InChI=1S/C37H60N6O4/c1-4-42-23-29-22-30(24-42)43(29)37(47)31(17-11-12-18-38)40-35(45)28(19-25(2)3)21-33(44)32(20-26-13-7-5-8-14-26)41-36(46)34(39)27-15-9-6-10-16-27/h5,7-8,13-14,25,27-32,34H,4,6,9-12,15-24,38-39H2,1-3H3,(H,40,45)(H,41,46). The third kappa shape index (κ3) is 10.3. The van der Waals surface area contributed by atoms with Gasteiger partial charge in [0.25, 0.3) is 0 Å². The summed E-state index contributed by atoms with van der Waals surface area (Å²) < 4.78 is 0. The van der Waals surface area contributed by atoms with Crippen molar-refractivity contribution in [3.05, 3.63) is 35.9 Å². The summed E-state index contributed by atoms with van der Waals surface area (Å²) in [6.07, 6.45) is 8.96. The minimum Gasteiger partial charge on any atom is -0.345 e. The van der Waals surface area contributed by atoms with E-state index in [2.05, 4.69) is 22.5 Å². The van der Waals surface area contributed by atoms with Crippen molar-refractivity contribution in [2.24, 2.45) is 29.2 Å². The van der Waals surface area contributed by atoms with E-state index in [4.69, 9.17) is 11.5 Å². The molecular weight excluding hydrogens is 592 g/mol. The molecule has 1 aromatic rings. The molecule has 0 aromatic heterocycles. The van der Waals surface area contributed by atoms with Crippen LogP contribution in [0.15, 0.2) is 30.3 Å². The van der Waals surface area contributed by atoms with Crippen LogP contribution < -0.4 is 22.1 Å². The van der Waals surface area contributed by atoms with Gasteiger partial charge in [-0.25, -0.2) is 0 Å². The highest BCUT2D eigenvalue weighted by molar-refractivity contribution is 5.95. The highest BCUT2D eigenvalue weighted by atomic mass is 16.2. The molecule has 4 aliphatic rings. The van der Waals surface area contributed by atoms with Gasteiger partial charge in [-0.2, -0.15) is 0 Å². The van der Waals surface area contributed by atoms with Crippen molar-refractivity contribution in [1.29, 1.82) is 0 Å². The number of rotatable bonds is 18. The Balaban J connectivity index is 1.47. The van der Waals surface area contributed by atoms with E-state index in [1.54, 1.807) is 0 Å². The number of hydrogen-bond donors (Lipinski definition) is 4. The van der Waals surface area contributed by atoms with E-state index >= 15 is 0 Å². The molecule has 2 bridgehead atoms. The van der Waals surface area contributed by atoms with Gasteiger partial charge in [-0.1, -0.05) is 70.4 Å². The van der Waals surface area contributed by atoms with Crippen LogP contribution in [0.5, 0.6) is 0 Å². The highest BCUT2D eigenvalue weighted by Crippen LogP contribution is 2.33. The zero-order valence-electron chi connectivity index (χ0n) is 29.0. The van der Waals surface area contributed by atoms with Crippen LogP contribution in [0.3, 0.4) is 0 Å². The summed E-state index contributed by atoms with van der Waals surface area (Å²) in [7, 11) is 0. The van der Waals surface area contributed by atoms with Crippen LogP contribution in [-0.4, -0.2) is 89.7 Å². The third-order valence-electron chi connectivity index (χ3n) is 10.6. The number of Topliss-reactive ketones (excluding diaryl/α,β-unsaturated/α-hetero) is 1. The molecule has 3 saturated heterocycles. The lowest BCUT2D eigenvalue weighted by Gasteiger charge is -2.57. The molecule has 5 rings (SSSR count). The number of amides is 3. The first-order chi connectivity index (χ1) is 22.6. The lowest BCUT2D eigenvalue weighted by molar-refractivity contribution is -0.157. The van der Waals surface area contributed by atoms with Gasteiger partial charge in [0.05, 0.1) is 12.1 Å². The molecule has 1 aliphatic carbocycles. The van der Waals surface area contributed by atoms with Gasteiger partial charge in [0.15, 0.2) is 5.78 Å². The Morgan fingerprint density at radius 2 is 1.57 bits per heavy atom. The molecule has 6 N–H and O–H groups in total. The van der Waals surface area contributed by atoms with E-state index in [9.17, 15) is 19.2 Å². The maximum absolute atomic E-state index is 14.0. The van der Waals surface area contributed by atoms with Gasteiger partial charge >= 0.3 is 0 Å². The largest absolute Gasteiger partial charge is 0.345 e. The number of hydrogen-bond acceptors (Lipinski definition) is 7. The van der Waals surface area contributed by atoms with E-state index in [0.717, 1.165) is 76.6 Å². The number of carbonyl (C=O) groups is 4. The number of carbonyl (C=O) groups excluding carboxylic acids is 4. The number of ketones is 1. The second-order valence-electron chi connectivity index (χ2n) is 14.7. The molecule has 10 nitrogen and oxygen atoms in total. The van der Waals surface area contributed by atoms with Crippen LogP contribution in [-0.2, 0) is 25.6 Å². The fourth-order valence-electron chi connectivity index (χ4n) is 7.84. The predicted octanol–water partition coefficient (Wildman–Crippen LogP) is 3.16. The van der Waals surface area contributed by atoms with Crippen LogP contribution in [0.4, 0.5) is 0 Å². The molecule has 10 heteroatoms. The first kappa shape index (κ1) is 37.0. The van der Waals surface area contributed by atoms with E-state index < -0.39 is 24.0 Å². The topological polar surface area (TPSA) is 151 Å². The quantitative estimate of drug-likeness (QED) is 0.178. The first-order valence-electron chi connectivity index (χ1n) is 18.3. The lowest BCUT2D eigenvalue weighted by atomic mass is 9.83. The summed E-state index contributed by atoms with van der Waals surface area (Å²) in [5, 5.41) is 6.09. The molecule has 3 aliphatic heterocycles.